The molecule has 0 aliphatic heterocycles. The summed E-state index contributed by atoms with van der Waals surface area (Å²) in [5, 5.41) is 3.89. The Morgan fingerprint density at radius 2 is 1.96 bits per heavy atom. The molecule has 0 bridgehead atoms. The minimum Gasteiger partial charge on any atom is -0.497 e. The topological polar surface area (TPSA) is 88.1 Å². The molecule has 0 unspecified atom stereocenters. The molecule has 144 valence electrons. The molecule has 2 aromatic rings. The first-order valence-corrected chi connectivity index (χ1v) is 10.2. The number of methoxy groups -OCH3 is 1. The zero-order valence-corrected chi connectivity index (χ0v) is 16.4. The van der Waals surface area contributed by atoms with E-state index in [1.54, 1.807) is 43.5 Å². The predicted molar refractivity (Wildman–Crippen MR) is 107 cm³/mol. The maximum absolute atomic E-state index is 12.2. The van der Waals surface area contributed by atoms with Crippen molar-refractivity contribution in [2.75, 3.05) is 24.2 Å². The molecule has 0 atom stereocenters. The number of anilines is 1. The van der Waals surface area contributed by atoms with Crippen LogP contribution in [0.15, 0.2) is 53.6 Å². The molecule has 0 spiro atoms. The first kappa shape index (κ1) is 20.4. The number of sulfonamides is 1. The number of benzene rings is 2. The van der Waals surface area contributed by atoms with Crippen LogP contribution in [0, 0.1) is 0 Å². The molecule has 0 saturated carbocycles. The largest absolute Gasteiger partial charge is 0.497 e. The molecule has 0 fully saturated rings. The van der Waals surface area contributed by atoms with Crippen LogP contribution < -0.4 is 14.5 Å². The van der Waals surface area contributed by atoms with E-state index in [1.165, 1.54) is 6.21 Å². The van der Waals surface area contributed by atoms with Crippen LogP contribution in [0.5, 0.6) is 5.75 Å². The summed E-state index contributed by atoms with van der Waals surface area (Å²) in [4.78, 5) is 12.2. The van der Waals surface area contributed by atoms with Gasteiger partial charge in [0.15, 0.2) is 0 Å². The summed E-state index contributed by atoms with van der Waals surface area (Å²) in [6.07, 6.45) is 3.19. The molecule has 0 aliphatic carbocycles. The Kier molecular flexibility index (Phi) is 6.95. The lowest BCUT2D eigenvalue weighted by atomic mass is 10.1. The van der Waals surface area contributed by atoms with Gasteiger partial charge >= 0.3 is 0 Å². The van der Waals surface area contributed by atoms with Crippen molar-refractivity contribution in [3.05, 3.63) is 59.7 Å². The average Bonchev–Trinajstić information content (AvgIpc) is 2.65. The Balaban J connectivity index is 2.11. The van der Waals surface area contributed by atoms with Crippen molar-refractivity contribution < 1.29 is 17.9 Å². The number of para-hydroxylation sites is 1. The van der Waals surface area contributed by atoms with Crippen LogP contribution in [0.1, 0.15) is 18.1 Å². The Labute approximate surface area is 159 Å². The number of hydrogen-bond donors (Lipinski definition) is 1. The zero-order chi connectivity index (χ0) is 19.9. The second-order valence-corrected chi connectivity index (χ2v) is 7.73. The molecule has 0 heterocycles. The lowest BCUT2D eigenvalue weighted by Gasteiger charge is -2.23. The van der Waals surface area contributed by atoms with Crippen LogP contribution in [0.4, 0.5) is 5.69 Å². The molecule has 1 N–H and O–H groups in total. The second-order valence-electron chi connectivity index (χ2n) is 5.82. The third-order valence-electron chi connectivity index (χ3n) is 3.83. The van der Waals surface area contributed by atoms with Gasteiger partial charge in [-0.1, -0.05) is 37.3 Å². The van der Waals surface area contributed by atoms with Gasteiger partial charge < -0.3 is 4.74 Å². The molecule has 8 heteroatoms. The molecule has 0 radical (unpaired) electrons. The Bertz CT molecular complexity index is 926. The summed E-state index contributed by atoms with van der Waals surface area (Å²) in [6, 6.07) is 14.3. The number of ether oxygens (including phenoxy) is 1. The summed E-state index contributed by atoms with van der Waals surface area (Å²) >= 11 is 0. The fourth-order valence-electron chi connectivity index (χ4n) is 2.50. The van der Waals surface area contributed by atoms with Crippen LogP contribution in [-0.2, 0) is 21.2 Å². The van der Waals surface area contributed by atoms with Gasteiger partial charge in [0.25, 0.3) is 5.91 Å². The second kappa shape index (κ2) is 9.18. The van der Waals surface area contributed by atoms with Crippen LogP contribution in [0.25, 0.3) is 0 Å². The SMILES string of the molecule is CCc1ccccc1N(CC(=O)N/N=C\c1cccc(OC)c1)S(C)(=O)=O. The molecule has 7 nitrogen and oxygen atoms in total. The third-order valence-corrected chi connectivity index (χ3v) is 4.95. The van der Waals surface area contributed by atoms with Crippen molar-refractivity contribution in [3.8, 4) is 5.75 Å². The van der Waals surface area contributed by atoms with E-state index in [1.807, 2.05) is 19.1 Å². The first-order chi connectivity index (χ1) is 12.8. The average molecular weight is 389 g/mol. The van der Waals surface area contributed by atoms with Gasteiger partial charge in [-0.25, -0.2) is 13.8 Å². The van der Waals surface area contributed by atoms with E-state index in [0.717, 1.165) is 21.7 Å². The van der Waals surface area contributed by atoms with Crippen molar-refractivity contribution in [2.45, 2.75) is 13.3 Å². The molecule has 2 rings (SSSR count). The van der Waals surface area contributed by atoms with Crippen molar-refractivity contribution in [3.63, 3.8) is 0 Å². The third kappa shape index (κ3) is 5.82. The molecule has 0 aromatic heterocycles. The summed E-state index contributed by atoms with van der Waals surface area (Å²) in [5.41, 5.74) is 4.44. The van der Waals surface area contributed by atoms with E-state index in [9.17, 15) is 13.2 Å². The highest BCUT2D eigenvalue weighted by atomic mass is 32.2. The monoisotopic (exact) mass is 389 g/mol. The van der Waals surface area contributed by atoms with E-state index < -0.39 is 15.9 Å². The van der Waals surface area contributed by atoms with Crippen LogP contribution in [-0.4, -0.2) is 40.4 Å². The minimum atomic E-state index is -3.63. The highest BCUT2D eigenvalue weighted by molar-refractivity contribution is 7.92. The van der Waals surface area contributed by atoms with E-state index in [0.29, 0.717) is 17.9 Å². The molecule has 1 amide bonds. The van der Waals surface area contributed by atoms with Crippen LogP contribution >= 0.6 is 0 Å². The van der Waals surface area contributed by atoms with E-state index >= 15 is 0 Å². The summed E-state index contributed by atoms with van der Waals surface area (Å²) in [7, 11) is -2.07. The molecule has 0 saturated heterocycles. The summed E-state index contributed by atoms with van der Waals surface area (Å²) in [5.74, 6) is 0.134. The molecule has 2 aromatic carbocycles. The Hall–Kier alpha value is -2.87. The van der Waals surface area contributed by atoms with Crippen molar-refractivity contribution in [1.82, 2.24) is 5.43 Å². The molecule has 0 aliphatic rings. The fourth-order valence-corrected chi connectivity index (χ4v) is 3.39. The summed E-state index contributed by atoms with van der Waals surface area (Å²) < 4.78 is 30.6. The van der Waals surface area contributed by atoms with Gasteiger partial charge in [-0.05, 0) is 35.7 Å². The van der Waals surface area contributed by atoms with E-state index in [-0.39, 0.29) is 6.54 Å². The number of hydrazone groups is 1. The van der Waals surface area contributed by atoms with Gasteiger partial charge in [0.1, 0.15) is 12.3 Å². The van der Waals surface area contributed by atoms with Gasteiger partial charge in [-0.2, -0.15) is 5.10 Å². The van der Waals surface area contributed by atoms with Crippen molar-refractivity contribution >= 4 is 27.8 Å². The normalized spacial score (nSPS) is 11.4. The zero-order valence-electron chi connectivity index (χ0n) is 15.5. The molecule has 27 heavy (non-hydrogen) atoms. The Morgan fingerprint density at radius 1 is 1.22 bits per heavy atom. The van der Waals surface area contributed by atoms with Gasteiger partial charge in [0.2, 0.25) is 10.0 Å². The smallest absolute Gasteiger partial charge is 0.260 e. The number of nitrogens with zero attached hydrogens (tertiary/aromatic N) is 2. The lowest BCUT2D eigenvalue weighted by molar-refractivity contribution is -0.119. The van der Waals surface area contributed by atoms with Crippen LogP contribution in [0.2, 0.25) is 0 Å². The van der Waals surface area contributed by atoms with Gasteiger partial charge in [-0.3, -0.25) is 9.10 Å². The van der Waals surface area contributed by atoms with E-state index in [2.05, 4.69) is 10.5 Å². The fraction of sp³-hybridized carbons (Fsp3) is 0.263. The number of nitrogens with one attached hydrogen (secondary N) is 1. The molecular formula is C19H23N3O4S. The number of aryl methyl sites for hydroxylation is 1. The highest BCUT2D eigenvalue weighted by Crippen LogP contribution is 2.23. The highest BCUT2D eigenvalue weighted by Gasteiger charge is 2.22. The van der Waals surface area contributed by atoms with Crippen molar-refractivity contribution in [2.24, 2.45) is 5.10 Å². The minimum absolute atomic E-state index is 0.356. The maximum atomic E-state index is 12.2. The number of amides is 1. The van der Waals surface area contributed by atoms with Gasteiger partial charge in [0, 0.05) is 0 Å². The number of rotatable bonds is 8. The summed E-state index contributed by atoms with van der Waals surface area (Å²) in [6.45, 7) is 1.57. The molecular weight excluding hydrogens is 366 g/mol. The number of hydrogen-bond acceptors (Lipinski definition) is 5. The number of carbonyl (C=O) groups excluding carboxylic acids is 1. The Morgan fingerprint density at radius 3 is 2.63 bits per heavy atom. The number of carbonyl (C=O) groups is 1. The van der Waals surface area contributed by atoms with Crippen molar-refractivity contribution in [1.29, 1.82) is 0 Å². The van der Waals surface area contributed by atoms with Crippen LogP contribution in [0.3, 0.4) is 0 Å². The lowest BCUT2D eigenvalue weighted by Crippen LogP contribution is -2.39. The predicted octanol–water partition coefficient (Wildman–Crippen LogP) is 2.17. The first-order valence-electron chi connectivity index (χ1n) is 8.36. The standard InChI is InChI=1S/C19H23N3O4S/c1-4-16-9-5-6-11-18(16)22(27(3,24)25)14-19(23)21-20-13-15-8-7-10-17(12-15)26-2/h5-13H,4,14H2,1-3H3,(H,21,23)/b20-13-. The quantitative estimate of drug-likeness (QED) is 0.554. The van der Waals surface area contributed by atoms with Gasteiger partial charge in [0.05, 0.1) is 25.3 Å². The van der Waals surface area contributed by atoms with Gasteiger partial charge in [-0.15, -0.1) is 0 Å². The van der Waals surface area contributed by atoms with E-state index in [4.69, 9.17) is 4.74 Å². The maximum Gasteiger partial charge on any atom is 0.260 e.